The SMILES string of the molecule is COCCOc1ccc2c(O[C@@H]3C[C@@H](C(N)=O)N(C(=O)[C@@H](N)C(C)(C)C)C3)cc(-c3csc(NC(C)C)n3)nc2c1. The van der Waals surface area contributed by atoms with E-state index < -0.39 is 29.5 Å². The Morgan fingerprint density at radius 1 is 1.17 bits per heavy atom. The van der Waals surface area contributed by atoms with Crippen LogP contribution in [0.25, 0.3) is 22.3 Å². The molecule has 5 N–H and O–H groups in total. The summed E-state index contributed by atoms with van der Waals surface area (Å²) in [5, 5.41) is 6.81. The smallest absolute Gasteiger partial charge is 0.240 e. The van der Waals surface area contributed by atoms with Crippen LogP contribution in [0.5, 0.6) is 11.5 Å². The third-order valence-electron chi connectivity index (χ3n) is 6.85. The van der Waals surface area contributed by atoms with Crippen molar-refractivity contribution in [3.05, 3.63) is 29.6 Å². The molecule has 0 radical (unpaired) electrons. The largest absolute Gasteiger partial charge is 0.491 e. The Kier molecular flexibility index (Phi) is 9.35. The van der Waals surface area contributed by atoms with Crippen molar-refractivity contribution in [1.82, 2.24) is 14.9 Å². The second kappa shape index (κ2) is 12.6. The van der Waals surface area contributed by atoms with Crippen LogP contribution < -0.4 is 26.3 Å². The molecular formula is C29H40N6O5S. The van der Waals surface area contributed by atoms with Crippen molar-refractivity contribution in [2.75, 3.05) is 32.2 Å². The minimum absolute atomic E-state index is 0.187. The number of benzene rings is 1. The number of thiazole rings is 1. The van der Waals surface area contributed by atoms with Crippen LogP contribution in [-0.4, -0.2) is 77.8 Å². The van der Waals surface area contributed by atoms with Gasteiger partial charge in [0.2, 0.25) is 11.8 Å². The first-order valence-electron chi connectivity index (χ1n) is 13.7. The molecule has 1 fully saturated rings. The average molecular weight is 585 g/mol. The van der Waals surface area contributed by atoms with Crippen molar-refractivity contribution in [3.63, 3.8) is 0 Å². The van der Waals surface area contributed by atoms with Crippen LogP contribution in [0.15, 0.2) is 29.6 Å². The summed E-state index contributed by atoms with van der Waals surface area (Å²) in [4.78, 5) is 36.7. The van der Waals surface area contributed by atoms with Gasteiger partial charge in [-0.15, -0.1) is 11.3 Å². The fourth-order valence-corrected chi connectivity index (χ4v) is 5.42. The van der Waals surface area contributed by atoms with Gasteiger partial charge in [-0.2, -0.15) is 0 Å². The van der Waals surface area contributed by atoms with E-state index >= 15 is 0 Å². The molecule has 222 valence electrons. The molecule has 41 heavy (non-hydrogen) atoms. The molecule has 1 aliphatic rings. The molecule has 0 aliphatic carbocycles. The van der Waals surface area contributed by atoms with Crippen molar-refractivity contribution in [2.24, 2.45) is 16.9 Å². The van der Waals surface area contributed by atoms with Gasteiger partial charge in [-0.3, -0.25) is 9.59 Å². The minimum atomic E-state index is -0.808. The van der Waals surface area contributed by atoms with Gasteiger partial charge in [0.25, 0.3) is 0 Å². The van der Waals surface area contributed by atoms with Crippen molar-refractivity contribution in [1.29, 1.82) is 0 Å². The zero-order chi connectivity index (χ0) is 29.9. The number of amides is 2. The third-order valence-corrected chi connectivity index (χ3v) is 7.62. The second-order valence-corrected chi connectivity index (χ2v) is 12.4. The van der Waals surface area contributed by atoms with E-state index in [1.807, 2.05) is 50.4 Å². The maximum absolute atomic E-state index is 13.3. The molecule has 0 spiro atoms. The molecule has 0 unspecified atom stereocenters. The van der Waals surface area contributed by atoms with Gasteiger partial charge in [-0.1, -0.05) is 20.8 Å². The average Bonchev–Trinajstić information content (AvgIpc) is 3.54. The summed E-state index contributed by atoms with van der Waals surface area (Å²) in [5.41, 5.74) is 13.5. The topological polar surface area (TPSA) is 155 Å². The molecule has 3 atom stereocenters. The number of hydrogen-bond donors (Lipinski definition) is 3. The minimum Gasteiger partial charge on any atom is -0.491 e. The van der Waals surface area contributed by atoms with Crippen LogP contribution in [0, 0.1) is 5.41 Å². The summed E-state index contributed by atoms with van der Waals surface area (Å²) in [5.74, 6) is 0.296. The van der Waals surface area contributed by atoms with Crippen molar-refractivity contribution < 1.29 is 23.8 Å². The van der Waals surface area contributed by atoms with Crippen LogP contribution in [-0.2, 0) is 14.3 Å². The summed E-state index contributed by atoms with van der Waals surface area (Å²) in [6.07, 6.45) is -0.220. The van der Waals surface area contributed by atoms with E-state index in [0.717, 1.165) is 10.5 Å². The fourth-order valence-electron chi connectivity index (χ4n) is 4.57. The van der Waals surface area contributed by atoms with E-state index in [1.54, 1.807) is 7.11 Å². The van der Waals surface area contributed by atoms with Gasteiger partial charge in [-0.25, -0.2) is 9.97 Å². The second-order valence-electron chi connectivity index (χ2n) is 11.6. The van der Waals surface area contributed by atoms with Gasteiger partial charge in [0.1, 0.15) is 35.9 Å². The van der Waals surface area contributed by atoms with Crippen LogP contribution in [0.4, 0.5) is 5.13 Å². The quantitative estimate of drug-likeness (QED) is 0.288. The Balaban J connectivity index is 1.68. The molecule has 3 aromatic rings. The van der Waals surface area contributed by atoms with Crippen molar-refractivity contribution >= 4 is 39.2 Å². The molecule has 3 heterocycles. The number of rotatable bonds is 11. The standard InChI is InChI=1S/C29H40N6O5S/c1-16(2)32-28-34-22(15-41-28)21-13-24(19-8-7-17(11-20(19)33-21)39-10-9-38-6)40-18-12-23(26(31)36)35(14-18)27(37)25(30)29(3,4)5/h7-8,11,13,15-16,18,23,25H,9-10,12,14,30H2,1-6H3,(H2,31,36)(H,32,34)/t18-,23+,25-/m1/s1. The highest BCUT2D eigenvalue weighted by molar-refractivity contribution is 7.14. The molecule has 0 saturated carbocycles. The van der Waals surface area contributed by atoms with Gasteiger partial charge in [-0.05, 0) is 31.4 Å². The summed E-state index contributed by atoms with van der Waals surface area (Å²) in [6, 6.07) is 6.06. The monoisotopic (exact) mass is 584 g/mol. The maximum atomic E-state index is 13.3. The van der Waals surface area contributed by atoms with Crippen LogP contribution >= 0.6 is 11.3 Å². The van der Waals surface area contributed by atoms with E-state index in [9.17, 15) is 9.59 Å². The number of likely N-dealkylation sites (tertiary alicyclic amines) is 1. The molecule has 11 nitrogen and oxygen atoms in total. The van der Waals surface area contributed by atoms with Crippen LogP contribution in [0.1, 0.15) is 41.0 Å². The molecule has 12 heteroatoms. The highest BCUT2D eigenvalue weighted by Gasteiger charge is 2.43. The summed E-state index contributed by atoms with van der Waals surface area (Å²) >= 11 is 1.50. The lowest BCUT2D eigenvalue weighted by atomic mass is 9.86. The number of pyridine rings is 1. The number of nitrogens with one attached hydrogen (secondary N) is 1. The fraction of sp³-hybridized carbons (Fsp3) is 0.517. The third kappa shape index (κ3) is 7.24. The van der Waals surface area contributed by atoms with Crippen molar-refractivity contribution in [2.45, 2.75) is 65.3 Å². The number of hydrogen-bond acceptors (Lipinski definition) is 10. The van der Waals surface area contributed by atoms with E-state index in [4.69, 9.17) is 35.6 Å². The molecule has 0 bridgehead atoms. The van der Waals surface area contributed by atoms with Gasteiger partial charge in [0.05, 0.1) is 30.4 Å². The lowest BCUT2D eigenvalue weighted by Gasteiger charge is -2.31. The van der Waals surface area contributed by atoms with E-state index in [0.29, 0.717) is 41.6 Å². The number of fused-ring (bicyclic) bond motifs is 1. The lowest BCUT2D eigenvalue weighted by Crippen LogP contribution is -2.54. The van der Waals surface area contributed by atoms with Gasteiger partial charge >= 0.3 is 0 Å². The number of nitrogens with zero attached hydrogens (tertiary/aromatic N) is 3. The number of nitrogens with two attached hydrogens (primary N) is 2. The summed E-state index contributed by atoms with van der Waals surface area (Å²) in [6.45, 7) is 10.8. The number of aromatic nitrogens is 2. The zero-order valence-electron chi connectivity index (χ0n) is 24.5. The van der Waals surface area contributed by atoms with E-state index in [-0.39, 0.29) is 24.9 Å². The predicted octanol–water partition coefficient (Wildman–Crippen LogP) is 3.41. The Morgan fingerprint density at radius 3 is 2.59 bits per heavy atom. The number of anilines is 1. The number of primary amides is 1. The first kappa shape index (κ1) is 30.5. The highest BCUT2D eigenvalue weighted by atomic mass is 32.1. The van der Waals surface area contributed by atoms with Crippen LogP contribution in [0.2, 0.25) is 0 Å². The molecule has 2 amide bonds. The predicted molar refractivity (Wildman–Crippen MR) is 160 cm³/mol. The van der Waals surface area contributed by atoms with E-state index in [1.165, 1.54) is 16.2 Å². The molecule has 4 rings (SSSR count). The molecular weight excluding hydrogens is 544 g/mol. The lowest BCUT2D eigenvalue weighted by molar-refractivity contribution is -0.140. The number of carbonyl (C=O) groups is 2. The summed E-state index contributed by atoms with van der Waals surface area (Å²) < 4.78 is 17.4. The highest BCUT2D eigenvalue weighted by Crippen LogP contribution is 2.35. The number of methoxy groups -OCH3 is 1. The van der Waals surface area contributed by atoms with Gasteiger partial charge in [0.15, 0.2) is 5.13 Å². The first-order valence-corrected chi connectivity index (χ1v) is 14.6. The Bertz CT molecular complexity index is 1390. The molecule has 1 aliphatic heterocycles. The molecule has 1 saturated heterocycles. The first-order chi connectivity index (χ1) is 19.4. The van der Waals surface area contributed by atoms with Gasteiger partial charge < -0.3 is 35.9 Å². The van der Waals surface area contributed by atoms with E-state index in [2.05, 4.69) is 19.2 Å². The number of ether oxygens (including phenoxy) is 3. The molecule has 2 aromatic heterocycles. The van der Waals surface area contributed by atoms with Gasteiger partial charge in [0, 0.05) is 42.5 Å². The maximum Gasteiger partial charge on any atom is 0.240 e. The van der Waals surface area contributed by atoms with Crippen molar-refractivity contribution in [3.8, 4) is 22.9 Å². The Morgan fingerprint density at radius 2 is 1.93 bits per heavy atom. The normalized spacial score (nSPS) is 18.1. The zero-order valence-corrected chi connectivity index (χ0v) is 25.3. The van der Waals surface area contributed by atoms with Crippen LogP contribution in [0.3, 0.4) is 0 Å². The number of carbonyl (C=O) groups excluding carboxylic acids is 2. The summed E-state index contributed by atoms with van der Waals surface area (Å²) in [7, 11) is 1.62. The Hall–Kier alpha value is -3.48. The Labute approximate surface area is 244 Å². The molecule has 1 aromatic carbocycles.